The molecule has 2 amide bonds. The fraction of sp³-hybridized carbons (Fsp3) is 0.333. The molecule has 7 heteroatoms. The molecule has 0 aromatic heterocycles. The van der Waals surface area contributed by atoms with Gasteiger partial charge in [-0.1, -0.05) is 18.2 Å². The Morgan fingerprint density at radius 3 is 2.54 bits per heavy atom. The van der Waals surface area contributed by atoms with E-state index in [4.69, 9.17) is 9.47 Å². The number of para-hydroxylation sites is 1. The van der Waals surface area contributed by atoms with Crippen LogP contribution in [0.15, 0.2) is 42.5 Å². The highest BCUT2D eigenvalue weighted by Gasteiger charge is 2.23. The first-order valence-electron chi connectivity index (χ1n) is 9.38. The molecule has 2 aliphatic rings. The Balaban J connectivity index is 1.28. The molecule has 2 heterocycles. The molecule has 1 fully saturated rings. The number of fused-ring (bicyclic) bond motifs is 1. The largest absolute Gasteiger partial charge is 0.454 e. The highest BCUT2D eigenvalue weighted by Crippen LogP contribution is 2.32. The Kier molecular flexibility index (Phi) is 5.06. The third kappa shape index (κ3) is 3.74. The minimum absolute atomic E-state index is 0.0162. The van der Waals surface area contributed by atoms with Gasteiger partial charge in [0.1, 0.15) is 0 Å². The van der Waals surface area contributed by atoms with Gasteiger partial charge in [-0.2, -0.15) is 0 Å². The van der Waals surface area contributed by atoms with E-state index in [0.29, 0.717) is 30.2 Å². The van der Waals surface area contributed by atoms with Gasteiger partial charge in [0, 0.05) is 37.4 Å². The number of ether oxygens (including phenoxy) is 2. The number of anilines is 1. The number of amides is 2. The minimum Gasteiger partial charge on any atom is -0.454 e. The maximum absolute atomic E-state index is 12.5. The molecule has 1 N–H and O–H groups in total. The quantitative estimate of drug-likeness (QED) is 0.875. The standard InChI is InChI=1S/C21H23N3O4/c1-15-4-2-3-5-17(15)23-8-10-24(11-9-23)20(25)13-22-21(26)16-6-7-18-19(12-16)28-14-27-18/h2-7,12H,8-11,13-14H2,1H3,(H,22,26). The van der Waals surface area contributed by atoms with Crippen molar-refractivity contribution in [2.75, 3.05) is 44.4 Å². The number of hydrogen-bond acceptors (Lipinski definition) is 5. The summed E-state index contributed by atoms with van der Waals surface area (Å²) in [4.78, 5) is 28.9. The van der Waals surface area contributed by atoms with Crippen LogP contribution in [0.25, 0.3) is 0 Å². The van der Waals surface area contributed by atoms with Gasteiger partial charge >= 0.3 is 0 Å². The van der Waals surface area contributed by atoms with E-state index in [2.05, 4.69) is 29.3 Å². The van der Waals surface area contributed by atoms with Crippen LogP contribution in [0, 0.1) is 6.92 Å². The van der Waals surface area contributed by atoms with Crippen molar-refractivity contribution in [2.45, 2.75) is 6.92 Å². The van der Waals surface area contributed by atoms with E-state index in [0.717, 1.165) is 13.1 Å². The minimum atomic E-state index is -0.301. The average molecular weight is 381 g/mol. The molecule has 2 aromatic carbocycles. The van der Waals surface area contributed by atoms with Crippen LogP contribution >= 0.6 is 0 Å². The first-order chi connectivity index (χ1) is 13.6. The van der Waals surface area contributed by atoms with Gasteiger partial charge < -0.3 is 24.6 Å². The summed E-state index contributed by atoms with van der Waals surface area (Å²) in [7, 11) is 0. The van der Waals surface area contributed by atoms with Crippen molar-refractivity contribution in [3.8, 4) is 11.5 Å². The summed E-state index contributed by atoms with van der Waals surface area (Å²) in [5.41, 5.74) is 2.89. The van der Waals surface area contributed by atoms with Crippen LogP contribution in [-0.4, -0.2) is 56.2 Å². The lowest BCUT2D eigenvalue weighted by Crippen LogP contribution is -2.51. The van der Waals surface area contributed by atoms with Gasteiger partial charge in [-0.3, -0.25) is 9.59 Å². The second-order valence-corrected chi connectivity index (χ2v) is 6.91. The predicted molar refractivity (Wildman–Crippen MR) is 105 cm³/mol. The zero-order chi connectivity index (χ0) is 19.5. The highest BCUT2D eigenvalue weighted by molar-refractivity contribution is 5.97. The maximum Gasteiger partial charge on any atom is 0.251 e. The molecule has 1 saturated heterocycles. The number of benzene rings is 2. The van der Waals surface area contributed by atoms with Gasteiger partial charge in [0.05, 0.1) is 6.54 Å². The van der Waals surface area contributed by atoms with Crippen molar-refractivity contribution < 1.29 is 19.1 Å². The van der Waals surface area contributed by atoms with Gasteiger partial charge in [0.25, 0.3) is 5.91 Å². The molecule has 0 aliphatic carbocycles. The third-order valence-corrected chi connectivity index (χ3v) is 5.12. The van der Waals surface area contributed by atoms with Gasteiger partial charge in [-0.05, 0) is 36.8 Å². The van der Waals surface area contributed by atoms with Crippen LogP contribution in [0.4, 0.5) is 5.69 Å². The average Bonchev–Trinajstić information content (AvgIpc) is 3.20. The highest BCUT2D eigenvalue weighted by atomic mass is 16.7. The Morgan fingerprint density at radius 1 is 1.00 bits per heavy atom. The summed E-state index contributed by atoms with van der Waals surface area (Å²) in [5, 5.41) is 2.70. The van der Waals surface area contributed by atoms with Crippen molar-refractivity contribution in [1.82, 2.24) is 10.2 Å². The van der Waals surface area contributed by atoms with Crippen molar-refractivity contribution >= 4 is 17.5 Å². The zero-order valence-corrected chi connectivity index (χ0v) is 15.8. The molecule has 2 aliphatic heterocycles. The summed E-state index contributed by atoms with van der Waals surface area (Å²) in [6.45, 7) is 5.10. The van der Waals surface area contributed by atoms with E-state index in [9.17, 15) is 9.59 Å². The lowest BCUT2D eigenvalue weighted by Gasteiger charge is -2.36. The normalized spacial score (nSPS) is 15.5. The fourth-order valence-corrected chi connectivity index (χ4v) is 3.52. The first-order valence-corrected chi connectivity index (χ1v) is 9.38. The Labute approximate surface area is 163 Å². The number of aryl methyl sites for hydroxylation is 1. The van der Waals surface area contributed by atoms with Crippen LogP contribution in [0.1, 0.15) is 15.9 Å². The molecule has 0 bridgehead atoms. The third-order valence-electron chi connectivity index (χ3n) is 5.12. The lowest BCUT2D eigenvalue weighted by molar-refractivity contribution is -0.130. The summed E-state index contributed by atoms with van der Waals surface area (Å²) in [6, 6.07) is 13.3. The maximum atomic E-state index is 12.5. The van der Waals surface area contributed by atoms with Crippen molar-refractivity contribution in [1.29, 1.82) is 0 Å². The summed E-state index contributed by atoms with van der Waals surface area (Å²) in [6.07, 6.45) is 0. The number of piperazine rings is 1. The molecule has 7 nitrogen and oxygen atoms in total. The molecule has 28 heavy (non-hydrogen) atoms. The van der Waals surface area contributed by atoms with Crippen LogP contribution < -0.4 is 19.7 Å². The lowest BCUT2D eigenvalue weighted by atomic mass is 10.1. The van der Waals surface area contributed by atoms with E-state index in [-0.39, 0.29) is 25.2 Å². The molecular formula is C21H23N3O4. The molecule has 4 rings (SSSR count). The summed E-state index contributed by atoms with van der Waals surface area (Å²) >= 11 is 0. The van der Waals surface area contributed by atoms with Gasteiger partial charge in [0.2, 0.25) is 12.7 Å². The SMILES string of the molecule is Cc1ccccc1N1CCN(C(=O)CNC(=O)c2ccc3c(c2)OCO3)CC1. The van der Waals surface area contributed by atoms with E-state index in [1.54, 1.807) is 23.1 Å². The molecule has 2 aromatic rings. The molecule has 0 saturated carbocycles. The van der Waals surface area contributed by atoms with Crippen molar-refractivity contribution in [2.24, 2.45) is 0 Å². The second-order valence-electron chi connectivity index (χ2n) is 6.91. The molecule has 0 unspecified atom stereocenters. The number of nitrogens with one attached hydrogen (secondary N) is 1. The smallest absolute Gasteiger partial charge is 0.251 e. The van der Waals surface area contributed by atoms with E-state index in [1.807, 2.05) is 12.1 Å². The van der Waals surface area contributed by atoms with Crippen LogP contribution in [0.2, 0.25) is 0 Å². The summed E-state index contributed by atoms with van der Waals surface area (Å²) < 4.78 is 10.5. The number of hydrogen-bond donors (Lipinski definition) is 1. The second kappa shape index (κ2) is 7.80. The molecule has 0 spiro atoms. The zero-order valence-electron chi connectivity index (χ0n) is 15.8. The van der Waals surface area contributed by atoms with Crippen molar-refractivity contribution in [3.63, 3.8) is 0 Å². The number of nitrogens with zero attached hydrogens (tertiary/aromatic N) is 2. The summed E-state index contributed by atoms with van der Waals surface area (Å²) in [5.74, 6) is 0.800. The molecule has 0 radical (unpaired) electrons. The monoisotopic (exact) mass is 381 g/mol. The molecule has 146 valence electrons. The van der Waals surface area contributed by atoms with Gasteiger partial charge in [-0.15, -0.1) is 0 Å². The Morgan fingerprint density at radius 2 is 1.75 bits per heavy atom. The van der Waals surface area contributed by atoms with Crippen LogP contribution in [-0.2, 0) is 4.79 Å². The van der Waals surface area contributed by atoms with E-state index in [1.165, 1.54) is 11.3 Å². The predicted octanol–water partition coefficient (Wildman–Crippen LogP) is 1.80. The fourth-order valence-electron chi connectivity index (χ4n) is 3.52. The van der Waals surface area contributed by atoms with E-state index >= 15 is 0 Å². The number of carbonyl (C=O) groups excluding carboxylic acids is 2. The van der Waals surface area contributed by atoms with E-state index < -0.39 is 0 Å². The van der Waals surface area contributed by atoms with Crippen LogP contribution in [0.3, 0.4) is 0 Å². The van der Waals surface area contributed by atoms with Gasteiger partial charge in [-0.25, -0.2) is 0 Å². The molecule has 0 atom stereocenters. The Bertz CT molecular complexity index is 891. The van der Waals surface area contributed by atoms with Crippen molar-refractivity contribution in [3.05, 3.63) is 53.6 Å². The number of carbonyl (C=O) groups is 2. The Hall–Kier alpha value is -3.22. The van der Waals surface area contributed by atoms with Crippen LogP contribution in [0.5, 0.6) is 11.5 Å². The molecular weight excluding hydrogens is 358 g/mol. The topological polar surface area (TPSA) is 71.1 Å². The number of rotatable bonds is 4. The first kappa shape index (κ1) is 18.2. The van der Waals surface area contributed by atoms with Gasteiger partial charge in [0.15, 0.2) is 11.5 Å².